The highest BCUT2D eigenvalue weighted by Crippen LogP contribution is 2.40. The standard InChI is InChI=1S/C15H13F2NO2/c16-9-2-4-14-10(6-9)12(18)7-15(20-14)8-1-3-13(19)11(17)5-8/h1-6,12,15,19H,7,18H2/t12-,15?/m1/s1. The molecule has 0 radical (unpaired) electrons. The summed E-state index contributed by atoms with van der Waals surface area (Å²) in [7, 11) is 0. The molecule has 20 heavy (non-hydrogen) atoms. The molecule has 0 spiro atoms. The fourth-order valence-corrected chi connectivity index (χ4v) is 2.40. The minimum Gasteiger partial charge on any atom is -0.505 e. The highest BCUT2D eigenvalue weighted by molar-refractivity contribution is 5.40. The molecule has 0 saturated heterocycles. The molecule has 3 rings (SSSR count). The van der Waals surface area contributed by atoms with Crippen LogP contribution in [-0.4, -0.2) is 5.11 Å². The van der Waals surface area contributed by atoms with Crippen LogP contribution in [0.2, 0.25) is 0 Å². The van der Waals surface area contributed by atoms with Gasteiger partial charge in [-0.25, -0.2) is 8.78 Å². The minimum absolute atomic E-state index is 0.364. The van der Waals surface area contributed by atoms with Crippen molar-refractivity contribution in [3.05, 3.63) is 59.2 Å². The number of hydrogen-bond acceptors (Lipinski definition) is 3. The van der Waals surface area contributed by atoms with Crippen LogP contribution >= 0.6 is 0 Å². The zero-order valence-corrected chi connectivity index (χ0v) is 10.5. The normalized spacial score (nSPS) is 21.1. The molecule has 1 heterocycles. The maximum absolute atomic E-state index is 13.4. The van der Waals surface area contributed by atoms with Crippen molar-refractivity contribution in [1.29, 1.82) is 0 Å². The Hall–Kier alpha value is -2.14. The van der Waals surface area contributed by atoms with E-state index in [0.29, 0.717) is 23.3 Å². The third-order valence-corrected chi connectivity index (χ3v) is 3.45. The SMILES string of the molecule is N[C@@H]1CC(c2ccc(O)c(F)c2)Oc2ccc(F)cc21. The van der Waals surface area contributed by atoms with Crippen molar-refractivity contribution in [2.75, 3.05) is 0 Å². The predicted octanol–water partition coefficient (Wildman–Crippen LogP) is 3.19. The summed E-state index contributed by atoms with van der Waals surface area (Å²) in [5.41, 5.74) is 7.22. The van der Waals surface area contributed by atoms with Gasteiger partial charge >= 0.3 is 0 Å². The van der Waals surface area contributed by atoms with Crippen molar-refractivity contribution in [2.24, 2.45) is 5.73 Å². The lowest BCUT2D eigenvalue weighted by Crippen LogP contribution is -2.24. The van der Waals surface area contributed by atoms with Gasteiger partial charge in [-0.1, -0.05) is 6.07 Å². The summed E-state index contributed by atoms with van der Waals surface area (Å²) in [6, 6.07) is 7.88. The summed E-state index contributed by atoms with van der Waals surface area (Å²) >= 11 is 0. The minimum atomic E-state index is -0.704. The molecule has 1 aliphatic rings. The Bertz CT molecular complexity index is 660. The Balaban J connectivity index is 1.94. The average Bonchev–Trinajstić information content (AvgIpc) is 2.42. The summed E-state index contributed by atoms with van der Waals surface area (Å²) in [5.74, 6) is -0.971. The van der Waals surface area contributed by atoms with Crippen molar-refractivity contribution < 1.29 is 18.6 Å². The third-order valence-electron chi connectivity index (χ3n) is 3.45. The number of aromatic hydroxyl groups is 1. The molecule has 5 heteroatoms. The van der Waals surface area contributed by atoms with Gasteiger partial charge in [-0.15, -0.1) is 0 Å². The van der Waals surface area contributed by atoms with Gasteiger partial charge in [0.25, 0.3) is 0 Å². The zero-order chi connectivity index (χ0) is 14.3. The smallest absolute Gasteiger partial charge is 0.165 e. The average molecular weight is 277 g/mol. The second-order valence-electron chi connectivity index (χ2n) is 4.84. The van der Waals surface area contributed by atoms with E-state index in [1.807, 2.05) is 0 Å². The van der Waals surface area contributed by atoms with Crippen LogP contribution in [-0.2, 0) is 0 Å². The van der Waals surface area contributed by atoms with Gasteiger partial charge < -0.3 is 15.6 Å². The fraction of sp³-hybridized carbons (Fsp3) is 0.200. The molecule has 0 bridgehead atoms. The third kappa shape index (κ3) is 2.20. The number of rotatable bonds is 1. The van der Waals surface area contributed by atoms with Crippen molar-refractivity contribution in [1.82, 2.24) is 0 Å². The van der Waals surface area contributed by atoms with E-state index >= 15 is 0 Å². The fourth-order valence-electron chi connectivity index (χ4n) is 2.40. The van der Waals surface area contributed by atoms with Gasteiger partial charge in [0.1, 0.15) is 17.7 Å². The van der Waals surface area contributed by atoms with Crippen molar-refractivity contribution >= 4 is 0 Å². The lowest BCUT2D eigenvalue weighted by Gasteiger charge is -2.30. The first kappa shape index (κ1) is 12.9. The molecule has 0 fully saturated rings. The van der Waals surface area contributed by atoms with Crippen LogP contribution in [0.25, 0.3) is 0 Å². The highest BCUT2D eigenvalue weighted by Gasteiger charge is 2.27. The molecule has 2 atom stereocenters. The van der Waals surface area contributed by atoms with E-state index in [1.54, 1.807) is 6.07 Å². The number of halogens is 2. The van der Waals surface area contributed by atoms with E-state index in [1.165, 1.54) is 30.3 Å². The van der Waals surface area contributed by atoms with Gasteiger partial charge in [-0.05, 0) is 35.9 Å². The van der Waals surface area contributed by atoms with Gasteiger partial charge in [-0.3, -0.25) is 0 Å². The van der Waals surface area contributed by atoms with Crippen LogP contribution in [0.4, 0.5) is 8.78 Å². The van der Waals surface area contributed by atoms with Gasteiger partial charge in [0.15, 0.2) is 11.6 Å². The number of phenolic OH excluding ortho intramolecular Hbond substituents is 1. The van der Waals surface area contributed by atoms with E-state index in [2.05, 4.69) is 0 Å². The second kappa shape index (κ2) is 4.76. The van der Waals surface area contributed by atoms with Crippen molar-refractivity contribution in [3.63, 3.8) is 0 Å². The Kier molecular flexibility index (Phi) is 3.06. The van der Waals surface area contributed by atoms with Crippen LogP contribution in [0.15, 0.2) is 36.4 Å². The van der Waals surface area contributed by atoms with Gasteiger partial charge in [-0.2, -0.15) is 0 Å². The summed E-state index contributed by atoms with van der Waals surface area (Å²) in [6.45, 7) is 0. The van der Waals surface area contributed by atoms with E-state index < -0.39 is 17.7 Å². The second-order valence-corrected chi connectivity index (χ2v) is 4.84. The van der Waals surface area contributed by atoms with Gasteiger partial charge in [0.2, 0.25) is 0 Å². The van der Waals surface area contributed by atoms with Crippen molar-refractivity contribution in [2.45, 2.75) is 18.6 Å². The van der Waals surface area contributed by atoms with Crippen LogP contribution in [0.3, 0.4) is 0 Å². The monoisotopic (exact) mass is 277 g/mol. The van der Waals surface area contributed by atoms with Crippen LogP contribution < -0.4 is 10.5 Å². The largest absolute Gasteiger partial charge is 0.505 e. The predicted molar refractivity (Wildman–Crippen MR) is 69.4 cm³/mol. The first-order chi connectivity index (χ1) is 9.54. The molecule has 3 nitrogen and oxygen atoms in total. The van der Waals surface area contributed by atoms with Crippen molar-refractivity contribution in [3.8, 4) is 11.5 Å². The van der Waals surface area contributed by atoms with Gasteiger partial charge in [0, 0.05) is 18.0 Å². The Morgan fingerprint density at radius 3 is 2.70 bits per heavy atom. The number of fused-ring (bicyclic) bond motifs is 1. The van der Waals surface area contributed by atoms with Crippen LogP contribution in [0, 0.1) is 11.6 Å². The molecule has 1 aliphatic heterocycles. The molecule has 1 unspecified atom stereocenters. The van der Waals surface area contributed by atoms with E-state index in [-0.39, 0.29) is 11.9 Å². The van der Waals surface area contributed by atoms with E-state index in [9.17, 15) is 13.9 Å². The van der Waals surface area contributed by atoms with E-state index in [0.717, 1.165) is 0 Å². The molecule has 0 aromatic heterocycles. The number of benzene rings is 2. The Labute approximate surface area is 114 Å². The lowest BCUT2D eigenvalue weighted by atomic mass is 9.93. The first-order valence-corrected chi connectivity index (χ1v) is 6.24. The first-order valence-electron chi connectivity index (χ1n) is 6.24. The molecule has 0 aliphatic carbocycles. The molecule has 104 valence electrons. The number of ether oxygens (including phenoxy) is 1. The maximum atomic E-state index is 13.4. The zero-order valence-electron chi connectivity index (χ0n) is 10.5. The van der Waals surface area contributed by atoms with Crippen LogP contribution in [0.1, 0.15) is 29.7 Å². The molecule has 0 amide bonds. The number of nitrogens with two attached hydrogens (primary N) is 1. The highest BCUT2D eigenvalue weighted by atomic mass is 19.1. The topological polar surface area (TPSA) is 55.5 Å². The maximum Gasteiger partial charge on any atom is 0.165 e. The molecule has 0 saturated carbocycles. The van der Waals surface area contributed by atoms with E-state index in [4.69, 9.17) is 10.5 Å². The summed E-state index contributed by atoms with van der Waals surface area (Å²) in [4.78, 5) is 0. The Morgan fingerprint density at radius 2 is 1.95 bits per heavy atom. The molecule has 2 aromatic rings. The summed E-state index contributed by atoms with van der Waals surface area (Å²) in [5, 5.41) is 9.20. The number of phenols is 1. The summed E-state index contributed by atoms with van der Waals surface area (Å²) < 4.78 is 32.3. The quantitative estimate of drug-likeness (QED) is 0.841. The number of hydrogen-bond donors (Lipinski definition) is 2. The Morgan fingerprint density at radius 1 is 1.15 bits per heavy atom. The van der Waals surface area contributed by atoms with Crippen LogP contribution in [0.5, 0.6) is 11.5 Å². The molecular weight excluding hydrogens is 264 g/mol. The molecular formula is C15H13F2NO2. The van der Waals surface area contributed by atoms with Gasteiger partial charge in [0.05, 0.1) is 0 Å². The lowest BCUT2D eigenvalue weighted by molar-refractivity contribution is 0.160. The molecule has 2 aromatic carbocycles. The molecule has 3 N–H and O–H groups in total. The summed E-state index contributed by atoms with van der Waals surface area (Å²) in [6.07, 6.45) is -0.00113.